The van der Waals surface area contributed by atoms with Crippen molar-refractivity contribution in [3.63, 3.8) is 0 Å². The van der Waals surface area contributed by atoms with Gasteiger partial charge in [0.15, 0.2) is 23.8 Å². The highest BCUT2D eigenvalue weighted by Gasteiger charge is 2.54. The van der Waals surface area contributed by atoms with E-state index in [0.29, 0.717) is 12.8 Å². The van der Waals surface area contributed by atoms with Gasteiger partial charge in [0.1, 0.15) is 0 Å². The minimum atomic E-state index is -1.10. The number of aliphatic hydroxyl groups excluding tert-OH is 1. The van der Waals surface area contributed by atoms with Crippen molar-refractivity contribution in [3.05, 3.63) is 0 Å². The molecule has 0 radical (unpaired) electrons. The molecule has 2 heterocycles. The molecule has 10 nitrogen and oxygen atoms in total. The summed E-state index contributed by atoms with van der Waals surface area (Å²) in [6.45, 7) is 1.70. The fraction of sp³-hybridized carbons (Fsp3) is 0.917. The highest BCUT2D eigenvalue weighted by Crippen LogP contribution is 2.43. The van der Waals surface area contributed by atoms with Crippen LogP contribution in [-0.2, 0) is 38.0 Å². The second-order valence-corrected chi connectivity index (χ2v) is 9.68. The summed E-state index contributed by atoms with van der Waals surface area (Å²) in [5.41, 5.74) is -1.99. The number of methoxy groups -OCH3 is 2. The quantitative estimate of drug-likeness (QED) is 0.513. The summed E-state index contributed by atoms with van der Waals surface area (Å²) in [5.74, 6) is -0.760. The first-order chi connectivity index (χ1) is 16.3. The fourth-order valence-electron chi connectivity index (χ4n) is 3.77. The third-order valence-electron chi connectivity index (χ3n) is 6.66. The summed E-state index contributed by atoms with van der Waals surface area (Å²) in [4.78, 5) is 21.8. The third kappa shape index (κ3) is 7.86. The minimum Gasteiger partial charge on any atom is -0.467 e. The Bertz CT molecular complexity index is 657. The Morgan fingerprint density at radius 3 is 1.65 bits per heavy atom. The second kappa shape index (κ2) is 12.1. The van der Waals surface area contributed by atoms with Gasteiger partial charge >= 0.3 is 11.9 Å². The average molecular weight is 489 g/mol. The normalized spacial score (nSPS) is 29.2. The van der Waals surface area contributed by atoms with Crippen LogP contribution in [0.15, 0.2) is 0 Å². The van der Waals surface area contributed by atoms with Crippen LogP contribution >= 0.6 is 0 Å². The van der Waals surface area contributed by atoms with Gasteiger partial charge in [0.25, 0.3) is 0 Å². The summed E-state index contributed by atoms with van der Waals surface area (Å²) >= 11 is 0. The lowest BCUT2D eigenvalue weighted by Crippen LogP contribution is -2.35. The van der Waals surface area contributed by atoms with E-state index < -0.39 is 17.2 Å². The molecule has 3 saturated carbocycles. The number of ether oxygens (including phenoxy) is 6. The molecule has 0 aromatic heterocycles. The molecule has 5 aliphatic rings. The predicted molar refractivity (Wildman–Crippen MR) is 119 cm³/mol. The zero-order valence-corrected chi connectivity index (χ0v) is 20.4. The highest BCUT2D eigenvalue weighted by molar-refractivity contribution is 5.83. The van der Waals surface area contributed by atoms with Crippen molar-refractivity contribution in [1.29, 1.82) is 0 Å². The fourth-order valence-corrected chi connectivity index (χ4v) is 3.77. The molecule has 10 heteroatoms. The Morgan fingerprint density at radius 2 is 1.32 bits per heavy atom. The number of carbonyl (C=O) groups is 2. The Balaban J connectivity index is 0.000000148. The molecule has 0 aromatic carbocycles. The zero-order valence-electron chi connectivity index (χ0n) is 20.4. The van der Waals surface area contributed by atoms with Gasteiger partial charge in [-0.25, -0.2) is 9.59 Å². The third-order valence-corrected chi connectivity index (χ3v) is 6.66. The van der Waals surface area contributed by atoms with Crippen molar-refractivity contribution < 1.29 is 48.2 Å². The molecule has 2 unspecified atom stereocenters. The van der Waals surface area contributed by atoms with Crippen molar-refractivity contribution in [1.82, 2.24) is 0 Å². The molecule has 0 aromatic rings. The van der Waals surface area contributed by atoms with Crippen LogP contribution in [-0.4, -0.2) is 85.6 Å². The monoisotopic (exact) mass is 488 g/mol. The molecule has 3 aliphatic carbocycles. The summed E-state index contributed by atoms with van der Waals surface area (Å²) in [6.07, 6.45) is 10.8. The van der Waals surface area contributed by atoms with E-state index in [4.69, 9.17) is 33.9 Å². The van der Waals surface area contributed by atoms with Crippen molar-refractivity contribution in [2.75, 3.05) is 34.0 Å². The molecule has 196 valence electrons. The number of rotatable bonds is 7. The summed E-state index contributed by atoms with van der Waals surface area (Å²) in [5, 5.41) is 17.9. The lowest BCUT2D eigenvalue weighted by Gasteiger charge is -2.26. The first-order valence-corrected chi connectivity index (χ1v) is 12.4. The Morgan fingerprint density at radius 1 is 0.794 bits per heavy atom. The zero-order chi connectivity index (χ0) is 24.7. The Hall–Kier alpha value is -1.30. The average Bonchev–Trinajstić information content (AvgIpc) is 3.77. The van der Waals surface area contributed by atoms with Crippen LogP contribution in [0.1, 0.15) is 77.0 Å². The lowest BCUT2D eigenvalue weighted by molar-refractivity contribution is -0.209. The molecule has 2 atom stereocenters. The van der Waals surface area contributed by atoms with Gasteiger partial charge in [-0.1, -0.05) is 0 Å². The van der Waals surface area contributed by atoms with Gasteiger partial charge in [0, 0.05) is 13.2 Å². The first-order valence-electron chi connectivity index (χ1n) is 12.4. The van der Waals surface area contributed by atoms with Gasteiger partial charge in [-0.05, 0) is 77.0 Å². The van der Waals surface area contributed by atoms with E-state index in [9.17, 15) is 9.59 Å². The van der Waals surface area contributed by atoms with Gasteiger partial charge in [-0.15, -0.1) is 0 Å². The van der Waals surface area contributed by atoms with Crippen LogP contribution in [0.5, 0.6) is 0 Å². The molecule has 5 fully saturated rings. The number of esters is 2. The van der Waals surface area contributed by atoms with Crippen LogP contribution in [0.25, 0.3) is 0 Å². The SMILES string of the molecule is COC(=O)C1(O)CC1.COC(=O)C1(OC2CCCCO2)CC1.OCC1(OC2CCCCO2)CC1. The molecule has 0 amide bonds. The maximum Gasteiger partial charge on any atom is 0.338 e. The molecule has 34 heavy (non-hydrogen) atoms. The van der Waals surface area contributed by atoms with E-state index in [2.05, 4.69) is 4.74 Å². The summed E-state index contributed by atoms with van der Waals surface area (Å²) in [6, 6.07) is 0. The van der Waals surface area contributed by atoms with Crippen molar-refractivity contribution in [3.8, 4) is 0 Å². The van der Waals surface area contributed by atoms with Crippen LogP contribution < -0.4 is 0 Å². The maximum atomic E-state index is 11.4. The summed E-state index contributed by atoms with van der Waals surface area (Å²) in [7, 11) is 2.67. The number of hydrogen-bond acceptors (Lipinski definition) is 10. The Labute approximate surface area is 201 Å². The molecular formula is C24H40O10. The van der Waals surface area contributed by atoms with E-state index in [1.165, 1.54) is 20.6 Å². The highest BCUT2D eigenvalue weighted by atomic mass is 16.7. The first kappa shape index (κ1) is 27.3. The molecule has 2 saturated heterocycles. The van der Waals surface area contributed by atoms with E-state index in [1.54, 1.807) is 0 Å². The van der Waals surface area contributed by atoms with Gasteiger partial charge < -0.3 is 38.6 Å². The molecule has 2 aliphatic heterocycles. The number of hydrogen-bond donors (Lipinski definition) is 2. The smallest absolute Gasteiger partial charge is 0.338 e. The molecule has 5 rings (SSSR count). The summed E-state index contributed by atoms with van der Waals surface area (Å²) < 4.78 is 31.1. The van der Waals surface area contributed by atoms with E-state index >= 15 is 0 Å². The minimum absolute atomic E-state index is 0.0478. The van der Waals surface area contributed by atoms with Crippen molar-refractivity contribution in [2.24, 2.45) is 0 Å². The lowest BCUT2D eigenvalue weighted by atomic mass is 10.2. The van der Waals surface area contributed by atoms with Crippen LogP contribution in [0, 0.1) is 0 Å². The van der Waals surface area contributed by atoms with Gasteiger partial charge in [-0.2, -0.15) is 0 Å². The Kier molecular flexibility index (Phi) is 9.71. The van der Waals surface area contributed by atoms with Gasteiger partial charge in [0.2, 0.25) is 0 Å². The molecule has 0 bridgehead atoms. The van der Waals surface area contributed by atoms with Crippen LogP contribution in [0.4, 0.5) is 0 Å². The van der Waals surface area contributed by atoms with Crippen LogP contribution in [0.3, 0.4) is 0 Å². The number of carbonyl (C=O) groups excluding carboxylic acids is 2. The standard InChI is InChI=1S/C10H16O4.C9H16O3.C5H8O3/c1-12-9(11)10(5-6-10)14-8-4-2-3-7-13-8;10-7-9(4-5-9)12-8-3-1-2-6-11-8;1-8-4(6)5(7)2-3-5/h8H,2-7H2,1H3;8,10H,1-7H2;7H,2-3H2,1H3. The van der Waals surface area contributed by atoms with Crippen molar-refractivity contribution >= 4 is 11.9 Å². The van der Waals surface area contributed by atoms with E-state index in [1.807, 2.05) is 0 Å². The van der Waals surface area contributed by atoms with E-state index in [-0.39, 0.29) is 30.8 Å². The predicted octanol–water partition coefficient (Wildman–Crippen LogP) is 1.97. The van der Waals surface area contributed by atoms with Gasteiger partial charge in [-0.3, -0.25) is 0 Å². The largest absolute Gasteiger partial charge is 0.467 e. The molecule has 2 N–H and O–H groups in total. The topological polar surface area (TPSA) is 130 Å². The molecular weight excluding hydrogens is 448 g/mol. The van der Waals surface area contributed by atoms with Crippen LogP contribution in [0.2, 0.25) is 0 Å². The number of aliphatic hydroxyl groups is 2. The van der Waals surface area contributed by atoms with E-state index in [0.717, 1.165) is 71.0 Å². The molecule has 0 spiro atoms. The maximum absolute atomic E-state index is 11.4. The second-order valence-electron chi connectivity index (χ2n) is 9.68. The van der Waals surface area contributed by atoms with Crippen molar-refractivity contribution in [2.45, 2.75) is 106 Å². The van der Waals surface area contributed by atoms with Gasteiger partial charge in [0.05, 0.1) is 26.4 Å².